The predicted molar refractivity (Wildman–Crippen MR) is 318 cm³/mol. The minimum Gasteiger partial charge on any atom is -0.496 e. The molecule has 0 aliphatic heterocycles. The number of aliphatic imine (C=N–C) groups is 3. The van der Waals surface area contributed by atoms with E-state index in [1.165, 1.54) is 76.2 Å². The Balaban J connectivity index is 0.000000174. The number of carbonyl (C=O) groups is 3. The first-order chi connectivity index (χ1) is 38.7. The Bertz CT molecular complexity index is 2930. The standard InChI is InChI=1S/C21H26N4O3.C21H26N4O2.C19H28N4O2/c1-27-18-8-3-2-7-16(18)12-24-21(23)25-17-10-9-15(20(22)26)11-19(17)28-13-14-5-4-6-14;1-14(16-5-3-2-4-6-16)12-24-21(23)25-18-10-9-17(20(22)26)11-19(18)27-13-15-7-8-15;20-18(24)14-9-10-16(17(11-14)25-12-13-5-4-6-13)23-19(21)22-15-7-2-1-3-8-15/h2-3,7-11,14H,4-6,12-13H2,1H3,(H2,22,26)(H3,23,24,25);2-6,9-11,14-15H,7-8,12-13H2,1H3,(H2,22,26)(H3,23,24,25);9-11,13,15H,1-8,12H2,(H2,20,24)(H3,21,22,23). The van der Waals surface area contributed by atoms with Crippen LogP contribution in [0.5, 0.6) is 23.0 Å². The molecule has 3 amide bonds. The number of primary amides is 3. The first-order valence-corrected chi connectivity index (χ1v) is 27.8. The molecule has 4 fully saturated rings. The number of anilines is 3. The maximum absolute atomic E-state index is 11.5. The number of guanidine groups is 3. The molecule has 1 atom stereocenters. The van der Waals surface area contributed by atoms with Crippen LogP contribution < -0.4 is 69.3 Å². The summed E-state index contributed by atoms with van der Waals surface area (Å²) in [6.45, 7) is 4.93. The highest BCUT2D eigenvalue weighted by Gasteiger charge is 2.24. The highest BCUT2D eigenvalue weighted by molar-refractivity contribution is 5.99. The highest BCUT2D eigenvalue weighted by Crippen LogP contribution is 2.34. The van der Waals surface area contributed by atoms with Crippen LogP contribution in [0.4, 0.5) is 17.1 Å². The molecule has 0 radical (unpaired) electrons. The van der Waals surface area contributed by atoms with E-state index < -0.39 is 17.7 Å². The van der Waals surface area contributed by atoms with Gasteiger partial charge in [0.1, 0.15) is 23.0 Å². The van der Waals surface area contributed by atoms with Gasteiger partial charge in [0.25, 0.3) is 0 Å². The third-order valence-electron chi connectivity index (χ3n) is 14.6. The van der Waals surface area contributed by atoms with Gasteiger partial charge < -0.3 is 69.3 Å². The smallest absolute Gasteiger partial charge is 0.248 e. The number of nitrogens with two attached hydrogens (primary N) is 6. The lowest BCUT2D eigenvalue weighted by Gasteiger charge is -2.26. The van der Waals surface area contributed by atoms with Gasteiger partial charge in [-0.15, -0.1) is 0 Å². The van der Waals surface area contributed by atoms with Gasteiger partial charge in [-0.1, -0.05) is 87.6 Å². The lowest BCUT2D eigenvalue weighted by Crippen LogP contribution is -2.27. The third-order valence-corrected chi connectivity index (χ3v) is 14.6. The molecule has 0 saturated heterocycles. The van der Waals surface area contributed by atoms with Crippen molar-refractivity contribution in [3.05, 3.63) is 137 Å². The zero-order chi connectivity index (χ0) is 56.8. The third kappa shape index (κ3) is 18.9. The summed E-state index contributed by atoms with van der Waals surface area (Å²) in [6, 6.07) is 33.3. The molecule has 19 nitrogen and oxygen atoms in total. The molecule has 19 heteroatoms. The van der Waals surface area contributed by atoms with E-state index >= 15 is 0 Å². The van der Waals surface area contributed by atoms with Crippen molar-refractivity contribution in [2.45, 2.75) is 109 Å². The minimum absolute atomic E-state index is 0.242. The van der Waals surface area contributed by atoms with Crippen molar-refractivity contribution in [2.24, 2.45) is 67.1 Å². The van der Waals surface area contributed by atoms with E-state index in [-0.39, 0.29) is 11.9 Å². The monoisotopic (exact) mass is 1090 g/mol. The first-order valence-electron chi connectivity index (χ1n) is 27.8. The Hall–Kier alpha value is -8.48. The fraction of sp³-hybridized carbons (Fsp3) is 0.410. The zero-order valence-corrected chi connectivity index (χ0v) is 46.2. The summed E-state index contributed by atoms with van der Waals surface area (Å²) >= 11 is 0. The number of hydrogen-bond donors (Lipinski definition) is 9. The second-order valence-electron chi connectivity index (χ2n) is 20.9. The maximum Gasteiger partial charge on any atom is 0.248 e. The summed E-state index contributed by atoms with van der Waals surface area (Å²) in [6.07, 6.45) is 15.5. The Labute approximate surface area is 469 Å². The fourth-order valence-electron chi connectivity index (χ4n) is 8.98. The molecule has 5 aromatic carbocycles. The van der Waals surface area contributed by atoms with E-state index in [0.717, 1.165) is 29.8 Å². The molecule has 0 aromatic heterocycles. The van der Waals surface area contributed by atoms with Gasteiger partial charge in [-0.3, -0.25) is 19.4 Å². The molecule has 80 heavy (non-hydrogen) atoms. The van der Waals surface area contributed by atoms with Gasteiger partial charge in [-0.2, -0.15) is 0 Å². The van der Waals surface area contributed by atoms with Gasteiger partial charge in [0.15, 0.2) is 17.9 Å². The van der Waals surface area contributed by atoms with Crippen molar-refractivity contribution in [2.75, 3.05) is 49.4 Å². The van der Waals surface area contributed by atoms with Crippen molar-refractivity contribution in [3.63, 3.8) is 0 Å². The quantitative estimate of drug-likeness (QED) is 0.0231. The van der Waals surface area contributed by atoms with Gasteiger partial charge in [0.05, 0.1) is 56.6 Å². The summed E-state index contributed by atoms with van der Waals surface area (Å²) < 4.78 is 23.1. The number of para-hydroxylation sites is 1. The second kappa shape index (κ2) is 30.0. The van der Waals surface area contributed by atoms with E-state index in [9.17, 15) is 14.4 Å². The number of nitrogens with zero attached hydrogens (tertiary/aromatic N) is 3. The SMILES string of the molecule is CC(CN=C(N)Nc1ccc(C(N)=O)cc1OCC1CC1)c1ccccc1.COc1ccccc1CN=C(N)Nc1ccc(C(N)=O)cc1OCC1CCC1.NC(=O)c1ccc(NC(N)=NC2CCCCC2)c(OCC2CCC2)c1. The maximum atomic E-state index is 11.5. The van der Waals surface area contributed by atoms with Crippen molar-refractivity contribution < 1.29 is 33.3 Å². The number of methoxy groups -OCH3 is 1. The molecule has 9 rings (SSSR count). The number of amides is 3. The van der Waals surface area contributed by atoms with Gasteiger partial charge in [0.2, 0.25) is 17.7 Å². The van der Waals surface area contributed by atoms with E-state index in [2.05, 4.69) is 50.0 Å². The molecular weight excluding hydrogens is 1010 g/mol. The van der Waals surface area contributed by atoms with Crippen LogP contribution in [0.15, 0.2) is 124 Å². The zero-order valence-electron chi connectivity index (χ0n) is 46.2. The van der Waals surface area contributed by atoms with Crippen LogP contribution in [0.1, 0.15) is 139 Å². The van der Waals surface area contributed by atoms with E-state index in [4.69, 9.17) is 53.3 Å². The molecule has 15 N–H and O–H groups in total. The Morgan fingerprint density at radius 2 is 0.938 bits per heavy atom. The fourth-order valence-corrected chi connectivity index (χ4v) is 8.98. The Morgan fingerprint density at radius 3 is 1.38 bits per heavy atom. The molecule has 4 saturated carbocycles. The Morgan fingerprint density at radius 1 is 0.500 bits per heavy atom. The van der Waals surface area contributed by atoms with Crippen LogP contribution >= 0.6 is 0 Å². The predicted octanol–water partition coefficient (Wildman–Crippen LogP) is 9.03. The molecule has 5 aromatic rings. The van der Waals surface area contributed by atoms with Crippen LogP contribution in [0.2, 0.25) is 0 Å². The summed E-state index contributed by atoms with van der Waals surface area (Å²) in [5, 5.41) is 9.27. The highest BCUT2D eigenvalue weighted by atomic mass is 16.5. The summed E-state index contributed by atoms with van der Waals surface area (Å²) in [5.41, 5.74) is 39.8. The summed E-state index contributed by atoms with van der Waals surface area (Å²) in [7, 11) is 1.62. The molecule has 0 heterocycles. The molecule has 0 bridgehead atoms. The van der Waals surface area contributed by atoms with Crippen molar-refractivity contribution in [1.29, 1.82) is 0 Å². The topological polar surface area (TPSA) is 317 Å². The number of nitrogens with one attached hydrogen (secondary N) is 3. The number of hydrogen-bond acceptors (Lipinski definition) is 10. The normalized spacial score (nSPS) is 16.1. The molecule has 1 unspecified atom stereocenters. The lowest BCUT2D eigenvalue weighted by atomic mass is 9.86. The van der Waals surface area contributed by atoms with Crippen molar-refractivity contribution in [1.82, 2.24) is 0 Å². The Kier molecular flexibility index (Phi) is 22.2. The van der Waals surface area contributed by atoms with Gasteiger partial charge in [-0.05, 0) is 135 Å². The van der Waals surface area contributed by atoms with E-state index in [0.29, 0.717) is 114 Å². The molecule has 0 spiro atoms. The average Bonchev–Trinajstić information content (AvgIpc) is 4.28. The molecule has 4 aliphatic rings. The van der Waals surface area contributed by atoms with Crippen LogP contribution in [0.3, 0.4) is 0 Å². The van der Waals surface area contributed by atoms with Gasteiger partial charge in [0, 0.05) is 34.7 Å². The van der Waals surface area contributed by atoms with Crippen LogP contribution in [0.25, 0.3) is 0 Å². The van der Waals surface area contributed by atoms with Crippen molar-refractivity contribution >= 4 is 52.7 Å². The summed E-state index contributed by atoms with van der Waals surface area (Å²) in [4.78, 5) is 47.8. The molecule has 426 valence electrons. The molecular formula is C61H80N12O7. The number of carbonyl (C=O) groups excluding carboxylic acids is 3. The largest absolute Gasteiger partial charge is 0.496 e. The van der Waals surface area contributed by atoms with E-state index in [1.54, 1.807) is 61.7 Å². The first kappa shape index (κ1) is 59.2. The van der Waals surface area contributed by atoms with Crippen LogP contribution in [-0.2, 0) is 6.54 Å². The average molecular weight is 1090 g/mol. The van der Waals surface area contributed by atoms with Gasteiger partial charge in [-0.25, -0.2) is 9.98 Å². The minimum atomic E-state index is -0.502. The summed E-state index contributed by atoms with van der Waals surface area (Å²) in [5.74, 6) is 3.95. The van der Waals surface area contributed by atoms with Gasteiger partial charge >= 0.3 is 0 Å². The van der Waals surface area contributed by atoms with Crippen LogP contribution in [0, 0.1) is 17.8 Å². The molecule has 4 aliphatic carbocycles. The van der Waals surface area contributed by atoms with Crippen LogP contribution in [-0.4, -0.2) is 75.1 Å². The number of rotatable bonds is 22. The van der Waals surface area contributed by atoms with E-state index in [1.807, 2.05) is 42.5 Å². The number of benzene rings is 5. The van der Waals surface area contributed by atoms with Crippen molar-refractivity contribution in [3.8, 4) is 23.0 Å². The second-order valence-corrected chi connectivity index (χ2v) is 20.9. The lowest BCUT2D eigenvalue weighted by molar-refractivity contribution is 0.0991. The number of ether oxygens (including phenoxy) is 4.